The number of nitrogens with one attached hydrogen (secondary N) is 2. The highest BCUT2D eigenvalue weighted by Crippen LogP contribution is 2.33. The van der Waals surface area contributed by atoms with Crippen molar-refractivity contribution < 1.29 is 4.79 Å². The van der Waals surface area contributed by atoms with Crippen molar-refractivity contribution in [3.8, 4) is 5.69 Å². The van der Waals surface area contributed by atoms with E-state index in [2.05, 4.69) is 32.3 Å². The number of carbonyl (C=O) groups excluding carboxylic acids is 1. The fraction of sp³-hybridized carbons (Fsp3) is 0.208. The van der Waals surface area contributed by atoms with Gasteiger partial charge in [-0.05, 0) is 56.2 Å². The standard InChI is InChI=1S/C24H23N5O2/c1-24(2)27-22(30)18-11-10-17(29-19-9-6-13-25-21(19)26-23(29)31)15-20(18)28(24)14-12-16-7-4-3-5-8-16/h3-11,13,15H,12,14H2,1-2H3,(H,27,30)(H,25,26,31). The molecule has 1 aliphatic rings. The van der Waals surface area contributed by atoms with Crippen LogP contribution >= 0.6 is 0 Å². The first kappa shape index (κ1) is 19.1. The van der Waals surface area contributed by atoms with Crippen LogP contribution in [0.25, 0.3) is 16.9 Å². The van der Waals surface area contributed by atoms with Gasteiger partial charge in [0, 0.05) is 12.7 Å². The molecule has 0 saturated heterocycles. The number of aromatic nitrogens is 3. The minimum absolute atomic E-state index is 0.115. The number of benzene rings is 2. The smallest absolute Gasteiger partial charge is 0.332 e. The van der Waals surface area contributed by atoms with E-state index in [4.69, 9.17) is 0 Å². The number of fused-ring (bicyclic) bond motifs is 2. The summed E-state index contributed by atoms with van der Waals surface area (Å²) in [5, 5.41) is 3.10. The molecular weight excluding hydrogens is 390 g/mol. The maximum atomic E-state index is 12.8. The Balaban J connectivity index is 1.61. The molecule has 0 fully saturated rings. The van der Waals surface area contributed by atoms with Crippen LogP contribution in [0.3, 0.4) is 0 Å². The second-order valence-corrected chi connectivity index (χ2v) is 8.24. The lowest BCUT2D eigenvalue weighted by molar-refractivity contribution is 0.0898. The van der Waals surface area contributed by atoms with Gasteiger partial charge in [0.1, 0.15) is 5.66 Å². The van der Waals surface area contributed by atoms with Gasteiger partial charge in [0.05, 0.1) is 22.5 Å². The van der Waals surface area contributed by atoms with Crippen molar-refractivity contribution in [1.29, 1.82) is 0 Å². The number of rotatable bonds is 4. The Labute approximate surface area is 179 Å². The van der Waals surface area contributed by atoms with E-state index in [-0.39, 0.29) is 11.6 Å². The highest BCUT2D eigenvalue weighted by molar-refractivity contribution is 6.03. The number of H-pyrrole nitrogens is 1. The molecule has 1 amide bonds. The van der Waals surface area contributed by atoms with Gasteiger partial charge >= 0.3 is 5.69 Å². The molecule has 7 heteroatoms. The molecule has 0 radical (unpaired) electrons. The molecule has 2 aromatic carbocycles. The number of carbonyl (C=O) groups is 1. The number of aromatic amines is 1. The first-order valence-electron chi connectivity index (χ1n) is 10.3. The summed E-state index contributed by atoms with van der Waals surface area (Å²) in [6, 6.07) is 19.4. The Morgan fingerprint density at radius 2 is 1.81 bits per heavy atom. The number of hydrogen-bond donors (Lipinski definition) is 2. The Bertz CT molecular complexity index is 1340. The third kappa shape index (κ3) is 3.28. The Hall–Kier alpha value is -3.87. The number of imidazole rings is 1. The number of hydrogen-bond acceptors (Lipinski definition) is 4. The molecule has 0 aliphatic carbocycles. The van der Waals surface area contributed by atoms with Gasteiger partial charge in [0.25, 0.3) is 5.91 Å². The van der Waals surface area contributed by atoms with Crippen molar-refractivity contribution in [2.45, 2.75) is 25.9 Å². The average molecular weight is 413 g/mol. The fourth-order valence-corrected chi connectivity index (χ4v) is 4.27. The molecule has 156 valence electrons. The molecule has 3 heterocycles. The van der Waals surface area contributed by atoms with Gasteiger partial charge in [-0.3, -0.25) is 14.3 Å². The van der Waals surface area contributed by atoms with Crippen molar-refractivity contribution in [1.82, 2.24) is 19.9 Å². The van der Waals surface area contributed by atoms with Crippen LogP contribution in [0.4, 0.5) is 5.69 Å². The SMILES string of the molecule is CC1(C)NC(=O)c2ccc(-n3c(=O)[nH]c4ncccc43)cc2N1CCc1ccccc1. The maximum Gasteiger partial charge on any atom is 0.332 e. The van der Waals surface area contributed by atoms with Crippen LogP contribution in [0.5, 0.6) is 0 Å². The summed E-state index contributed by atoms with van der Waals surface area (Å²) in [6.45, 7) is 4.71. The van der Waals surface area contributed by atoms with E-state index < -0.39 is 5.66 Å². The zero-order valence-electron chi connectivity index (χ0n) is 17.4. The summed E-state index contributed by atoms with van der Waals surface area (Å²) in [7, 11) is 0. The van der Waals surface area contributed by atoms with Crippen molar-refractivity contribution in [2.75, 3.05) is 11.4 Å². The lowest BCUT2D eigenvalue weighted by atomic mass is 9.99. The minimum atomic E-state index is -0.565. The molecule has 1 aliphatic heterocycles. The Morgan fingerprint density at radius 1 is 1.00 bits per heavy atom. The highest BCUT2D eigenvalue weighted by atomic mass is 16.2. The normalized spacial score (nSPS) is 15.0. The summed E-state index contributed by atoms with van der Waals surface area (Å²) in [5.41, 5.74) is 3.74. The Morgan fingerprint density at radius 3 is 2.61 bits per heavy atom. The van der Waals surface area contributed by atoms with E-state index in [0.717, 1.165) is 18.7 Å². The summed E-state index contributed by atoms with van der Waals surface area (Å²) in [4.78, 5) is 34.7. The van der Waals surface area contributed by atoms with Gasteiger partial charge < -0.3 is 10.2 Å². The molecule has 0 unspecified atom stereocenters. The van der Waals surface area contributed by atoms with Crippen LogP contribution in [-0.4, -0.2) is 32.6 Å². The number of pyridine rings is 1. The van der Waals surface area contributed by atoms with Crippen LogP contribution in [0.2, 0.25) is 0 Å². The van der Waals surface area contributed by atoms with Crippen molar-refractivity contribution in [2.24, 2.45) is 0 Å². The van der Waals surface area contributed by atoms with Gasteiger partial charge in [-0.25, -0.2) is 9.78 Å². The average Bonchev–Trinajstić information content (AvgIpc) is 3.09. The molecule has 0 atom stereocenters. The van der Waals surface area contributed by atoms with Crippen LogP contribution in [0.1, 0.15) is 29.8 Å². The molecule has 0 saturated carbocycles. The quantitative estimate of drug-likeness (QED) is 0.538. The monoisotopic (exact) mass is 413 g/mol. The van der Waals surface area contributed by atoms with E-state index in [1.165, 1.54) is 5.56 Å². The summed E-state index contributed by atoms with van der Waals surface area (Å²) in [5.74, 6) is -0.115. The zero-order chi connectivity index (χ0) is 21.6. The number of nitrogens with zero attached hydrogens (tertiary/aromatic N) is 3. The molecule has 2 aromatic heterocycles. The lowest BCUT2D eigenvalue weighted by Crippen LogP contribution is -2.61. The van der Waals surface area contributed by atoms with Crippen molar-refractivity contribution in [3.05, 3.63) is 88.5 Å². The molecule has 7 nitrogen and oxygen atoms in total. The molecule has 5 rings (SSSR count). The molecule has 0 bridgehead atoms. The molecule has 0 spiro atoms. The zero-order valence-corrected chi connectivity index (χ0v) is 17.4. The lowest BCUT2D eigenvalue weighted by Gasteiger charge is -2.45. The van der Waals surface area contributed by atoms with Gasteiger partial charge in [0.2, 0.25) is 0 Å². The summed E-state index contributed by atoms with van der Waals surface area (Å²) in [6.07, 6.45) is 2.48. The maximum absolute atomic E-state index is 12.8. The summed E-state index contributed by atoms with van der Waals surface area (Å²) < 4.78 is 1.59. The topological polar surface area (TPSA) is 83.0 Å². The van der Waals surface area contributed by atoms with E-state index in [0.29, 0.717) is 22.4 Å². The second-order valence-electron chi connectivity index (χ2n) is 8.24. The van der Waals surface area contributed by atoms with Gasteiger partial charge in [-0.1, -0.05) is 30.3 Å². The Kier molecular flexibility index (Phi) is 4.39. The van der Waals surface area contributed by atoms with E-state index in [1.54, 1.807) is 29.0 Å². The van der Waals surface area contributed by atoms with Crippen LogP contribution in [-0.2, 0) is 6.42 Å². The third-order valence-electron chi connectivity index (χ3n) is 5.79. The largest absolute Gasteiger partial charge is 0.348 e. The van der Waals surface area contributed by atoms with E-state index in [1.807, 2.05) is 44.2 Å². The number of anilines is 1. The fourth-order valence-electron chi connectivity index (χ4n) is 4.27. The summed E-state index contributed by atoms with van der Waals surface area (Å²) >= 11 is 0. The predicted molar refractivity (Wildman–Crippen MR) is 121 cm³/mol. The molecular formula is C24H23N5O2. The third-order valence-corrected chi connectivity index (χ3v) is 5.79. The minimum Gasteiger partial charge on any atom is -0.348 e. The van der Waals surface area contributed by atoms with Crippen molar-refractivity contribution in [3.63, 3.8) is 0 Å². The first-order valence-corrected chi connectivity index (χ1v) is 10.3. The number of amides is 1. The van der Waals surface area contributed by atoms with E-state index in [9.17, 15) is 9.59 Å². The molecule has 31 heavy (non-hydrogen) atoms. The van der Waals surface area contributed by atoms with Gasteiger partial charge in [0.15, 0.2) is 5.65 Å². The van der Waals surface area contributed by atoms with Crippen molar-refractivity contribution >= 4 is 22.8 Å². The van der Waals surface area contributed by atoms with Crippen LogP contribution in [0, 0.1) is 0 Å². The van der Waals surface area contributed by atoms with Crippen LogP contribution in [0.15, 0.2) is 71.7 Å². The first-order chi connectivity index (χ1) is 14.9. The van der Waals surface area contributed by atoms with Crippen LogP contribution < -0.4 is 15.9 Å². The molecule has 4 aromatic rings. The van der Waals surface area contributed by atoms with E-state index >= 15 is 0 Å². The highest BCUT2D eigenvalue weighted by Gasteiger charge is 2.36. The second kappa shape index (κ2) is 7.12. The molecule has 2 N–H and O–H groups in total. The van der Waals surface area contributed by atoms with Gasteiger partial charge in [-0.15, -0.1) is 0 Å². The van der Waals surface area contributed by atoms with Gasteiger partial charge in [-0.2, -0.15) is 0 Å². The predicted octanol–water partition coefficient (Wildman–Crippen LogP) is 3.24.